The molecule has 1 fully saturated rings. The summed E-state index contributed by atoms with van der Waals surface area (Å²) in [5.74, 6) is 0. The zero-order valence-corrected chi connectivity index (χ0v) is 10.6. The van der Waals surface area contributed by atoms with Crippen LogP contribution in [0.5, 0.6) is 0 Å². The van der Waals surface area contributed by atoms with E-state index in [0.717, 1.165) is 12.8 Å². The van der Waals surface area contributed by atoms with Gasteiger partial charge in [-0.1, -0.05) is 0 Å². The Hall–Kier alpha value is -0.210. The maximum Gasteiger partial charge on any atom is 0.282 e. The maximum atomic E-state index is 12.1. The maximum absolute atomic E-state index is 12.1. The molecule has 0 aliphatic carbocycles. The molecule has 0 saturated carbocycles. The quantitative estimate of drug-likeness (QED) is 0.629. The molecule has 96 valence electrons. The van der Waals surface area contributed by atoms with Crippen molar-refractivity contribution in [1.82, 2.24) is 8.61 Å². The highest BCUT2D eigenvalue weighted by atomic mass is 32.2. The van der Waals surface area contributed by atoms with Crippen LogP contribution in [0.2, 0.25) is 0 Å². The van der Waals surface area contributed by atoms with Gasteiger partial charge >= 0.3 is 0 Å². The van der Waals surface area contributed by atoms with E-state index in [2.05, 4.69) is 0 Å². The monoisotopic (exact) mass is 251 g/mol. The van der Waals surface area contributed by atoms with Crippen molar-refractivity contribution in [3.63, 3.8) is 0 Å². The number of rotatable bonds is 6. The number of nitrogens with two attached hydrogens (primary N) is 1. The summed E-state index contributed by atoms with van der Waals surface area (Å²) in [5.41, 5.74) is 5.40. The van der Waals surface area contributed by atoms with Crippen LogP contribution < -0.4 is 5.73 Å². The molecule has 0 bridgehead atoms. The summed E-state index contributed by atoms with van der Waals surface area (Å²) in [6, 6.07) is 0. The van der Waals surface area contributed by atoms with Gasteiger partial charge in [0, 0.05) is 46.4 Å². The van der Waals surface area contributed by atoms with Crippen LogP contribution in [-0.4, -0.2) is 63.5 Å². The van der Waals surface area contributed by atoms with E-state index in [9.17, 15) is 8.42 Å². The van der Waals surface area contributed by atoms with E-state index in [0.29, 0.717) is 39.3 Å². The predicted molar refractivity (Wildman–Crippen MR) is 62.2 cm³/mol. The van der Waals surface area contributed by atoms with E-state index in [1.54, 1.807) is 7.11 Å². The van der Waals surface area contributed by atoms with Crippen LogP contribution >= 0.6 is 0 Å². The number of hydrogen-bond acceptors (Lipinski definition) is 4. The van der Waals surface area contributed by atoms with Crippen molar-refractivity contribution in [2.75, 3.05) is 46.4 Å². The topological polar surface area (TPSA) is 75.9 Å². The van der Waals surface area contributed by atoms with Crippen LogP contribution in [0.25, 0.3) is 0 Å². The molecule has 1 aliphatic rings. The molecule has 0 spiro atoms. The molecular weight excluding hydrogens is 230 g/mol. The van der Waals surface area contributed by atoms with Crippen LogP contribution in [0, 0.1) is 0 Å². The van der Waals surface area contributed by atoms with Crippen molar-refractivity contribution in [2.24, 2.45) is 5.73 Å². The first-order chi connectivity index (χ1) is 7.62. The molecule has 0 amide bonds. The lowest BCUT2D eigenvalue weighted by Crippen LogP contribution is -2.51. The highest BCUT2D eigenvalue weighted by Crippen LogP contribution is 2.15. The fourth-order valence-electron chi connectivity index (χ4n) is 1.80. The first-order valence-electron chi connectivity index (χ1n) is 5.57. The van der Waals surface area contributed by atoms with Gasteiger partial charge in [0.2, 0.25) is 0 Å². The molecule has 6 nitrogen and oxygen atoms in total. The number of hydrogen-bond donors (Lipinski definition) is 1. The average molecular weight is 251 g/mol. The Morgan fingerprint density at radius 2 is 1.88 bits per heavy atom. The second kappa shape index (κ2) is 6.51. The van der Waals surface area contributed by atoms with Crippen LogP contribution in [-0.2, 0) is 14.9 Å². The number of ether oxygens (including phenoxy) is 1. The molecule has 7 heteroatoms. The summed E-state index contributed by atoms with van der Waals surface area (Å²) in [5, 5.41) is 0. The van der Waals surface area contributed by atoms with Crippen molar-refractivity contribution < 1.29 is 13.2 Å². The van der Waals surface area contributed by atoms with Gasteiger partial charge in [0.1, 0.15) is 0 Å². The Balaban J connectivity index is 2.56. The van der Waals surface area contributed by atoms with Gasteiger partial charge in [-0.05, 0) is 12.8 Å². The third kappa shape index (κ3) is 3.39. The minimum Gasteiger partial charge on any atom is -0.385 e. The highest BCUT2D eigenvalue weighted by molar-refractivity contribution is 7.86. The smallest absolute Gasteiger partial charge is 0.282 e. The normalized spacial score (nSPS) is 22.4. The summed E-state index contributed by atoms with van der Waals surface area (Å²) in [4.78, 5) is 0. The standard InChI is InChI=1S/C9H21N3O3S/c1-15-9-3-7-11-5-2-6-12(8-4-10)16(11,13)14/h2-10H2,1H3. The van der Waals surface area contributed by atoms with Crippen molar-refractivity contribution in [2.45, 2.75) is 12.8 Å². The lowest BCUT2D eigenvalue weighted by Gasteiger charge is -2.34. The van der Waals surface area contributed by atoms with Crippen LogP contribution in [0.15, 0.2) is 0 Å². The first kappa shape index (κ1) is 13.9. The lowest BCUT2D eigenvalue weighted by atomic mass is 10.4. The van der Waals surface area contributed by atoms with E-state index in [1.807, 2.05) is 0 Å². The summed E-state index contributed by atoms with van der Waals surface area (Å²) in [6.07, 6.45) is 1.60. The van der Waals surface area contributed by atoms with Crippen molar-refractivity contribution >= 4 is 10.2 Å². The molecule has 0 unspecified atom stereocenters. The highest BCUT2D eigenvalue weighted by Gasteiger charge is 2.32. The zero-order chi connectivity index (χ0) is 12.0. The van der Waals surface area contributed by atoms with Crippen molar-refractivity contribution in [3.8, 4) is 0 Å². The van der Waals surface area contributed by atoms with Crippen molar-refractivity contribution in [1.29, 1.82) is 0 Å². The van der Waals surface area contributed by atoms with Crippen LogP contribution in [0.1, 0.15) is 12.8 Å². The predicted octanol–water partition coefficient (Wildman–Crippen LogP) is -0.766. The van der Waals surface area contributed by atoms with Gasteiger partial charge in [0.25, 0.3) is 10.2 Å². The first-order valence-corrected chi connectivity index (χ1v) is 6.97. The van der Waals surface area contributed by atoms with E-state index in [-0.39, 0.29) is 0 Å². The van der Waals surface area contributed by atoms with Gasteiger partial charge in [-0.25, -0.2) is 0 Å². The molecule has 0 aromatic carbocycles. The number of nitrogens with zero attached hydrogens (tertiary/aromatic N) is 2. The molecule has 1 aliphatic heterocycles. The lowest BCUT2D eigenvalue weighted by molar-refractivity contribution is 0.182. The van der Waals surface area contributed by atoms with Crippen molar-refractivity contribution in [3.05, 3.63) is 0 Å². The second-order valence-corrected chi connectivity index (χ2v) is 5.72. The third-order valence-corrected chi connectivity index (χ3v) is 4.64. The molecule has 2 N–H and O–H groups in total. The van der Waals surface area contributed by atoms with Gasteiger partial charge in [0.15, 0.2) is 0 Å². The Bertz CT molecular complexity index is 292. The molecule has 0 aromatic rings. The Morgan fingerprint density at radius 1 is 1.25 bits per heavy atom. The van der Waals surface area contributed by atoms with E-state index in [1.165, 1.54) is 8.61 Å². The molecule has 1 heterocycles. The summed E-state index contributed by atoms with van der Waals surface area (Å²) in [6.45, 7) is 3.07. The molecule has 0 radical (unpaired) electrons. The van der Waals surface area contributed by atoms with Gasteiger partial charge in [-0.3, -0.25) is 0 Å². The van der Waals surface area contributed by atoms with Gasteiger partial charge < -0.3 is 10.5 Å². The summed E-state index contributed by atoms with van der Waals surface area (Å²) in [7, 11) is -1.66. The van der Waals surface area contributed by atoms with Gasteiger partial charge in [-0.2, -0.15) is 17.0 Å². The summed E-state index contributed by atoms with van der Waals surface area (Å²) >= 11 is 0. The fourth-order valence-corrected chi connectivity index (χ4v) is 3.54. The second-order valence-electron chi connectivity index (χ2n) is 3.79. The Morgan fingerprint density at radius 3 is 2.44 bits per heavy atom. The van der Waals surface area contributed by atoms with E-state index < -0.39 is 10.2 Å². The zero-order valence-electron chi connectivity index (χ0n) is 9.76. The Labute approximate surface area is 97.5 Å². The summed E-state index contributed by atoms with van der Waals surface area (Å²) < 4.78 is 32.0. The molecular formula is C9H21N3O3S. The molecule has 0 aromatic heterocycles. The van der Waals surface area contributed by atoms with E-state index in [4.69, 9.17) is 10.5 Å². The third-order valence-electron chi connectivity index (χ3n) is 2.60. The van der Waals surface area contributed by atoms with Gasteiger partial charge in [-0.15, -0.1) is 0 Å². The molecule has 16 heavy (non-hydrogen) atoms. The van der Waals surface area contributed by atoms with Crippen LogP contribution in [0.4, 0.5) is 0 Å². The molecule has 0 atom stereocenters. The number of methoxy groups -OCH3 is 1. The SMILES string of the molecule is COCCCN1CCCN(CCN)S1(=O)=O. The fraction of sp³-hybridized carbons (Fsp3) is 1.00. The largest absolute Gasteiger partial charge is 0.385 e. The van der Waals surface area contributed by atoms with Gasteiger partial charge in [0.05, 0.1) is 0 Å². The minimum absolute atomic E-state index is 0.366. The Kier molecular flexibility index (Phi) is 5.63. The molecule has 1 rings (SSSR count). The molecule has 1 saturated heterocycles. The minimum atomic E-state index is -3.28. The average Bonchev–Trinajstić information content (AvgIpc) is 2.24. The van der Waals surface area contributed by atoms with Crippen LogP contribution in [0.3, 0.4) is 0 Å². The van der Waals surface area contributed by atoms with E-state index >= 15 is 0 Å².